The van der Waals surface area contributed by atoms with Crippen molar-refractivity contribution in [1.82, 2.24) is 15.5 Å². The van der Waals surface area contributed by atoms with Crippen molar-refractivity contribution in [3.05, 3.63) is 46.2 Å². The van der Waals surface area contributed by atoms with Gasteiger partial charge in [-0.15, -0.1) is 0 Å². The number of fused-ring (bicyclic) bond motifs is 1. The fourth-order valence-electron chi connectivity index (χ4n) is 2.57. The van der Waals surface area contributed by atoms with E-state index in [0.717, 1.165) is 30.6 Å². The minimum absolute atomic E-state index is 0.616. The fourth-order valence-corrected chi connectivity index (χ4v) is 3.21. The van der Waals surface area contributed by atoms with Gasteiger partial charge < -0.3 is 9.84 Å². The minimum Gasteiger partial charge on any atom is -0.334 e. The van der Waals surface area contributed by atoms with Gasteiger partial charge in [-0.25, -0.2) is 0 Å². The molecule has 0 fully saturated rings. The first-order valence-corrected chi connectivity index (χ1v) is 7.54. The molecule has 0 radical (unpaired) electrons. The minimum atomic E-state index is 0.616. The highest BCUT2D eigenvalue weighted by Gasteiger charge is 2.18. The number of nitrogens with zero attached hydrogens (tertiary/aromatic N) is 2. The molecule has 20 heavy (non-hydrogen) atoms. The largest absolute Gasteiger partial charge is 0.334 e. The van der Waals surface area contributed by atoms with Gasteiger partial charge in [-0.05, 0) is 41.6 Å². The highest BCUT2D eigenvalue weighted by molar-refractivity contribution is 7.08. The van der Waals surface area contributed by atoms with Gasteiger partial charge in [0.25, 0.3) is 5.89 Å². The summed E-state index contributed by atoms with van der Waals surface area (Å²) in [6.45, 7) is 1.91. The SMILES string of the molecule is c1cc2c(c(-c3nc(-c4ccsc4)no3)c1)CCNC2. The predicted molar refractivity (Wildman–Crippen MR) is 78.5 cm³/mol. The van der Waals surface area contributed by atoms with E-state index in [0.29, 0.717) is 11.7 Å². The van der Waals surface area contributed by atoms with E-state index in [2.05, 4.69) is 33.7 Å². The second-order valence-electron chi connectivity index (χ2n) is 4.81. The van der Waals surface area contributed by atoms with Crippen LogP contribution in [0.25, 0.3) is 22.8 Å². The predicted octanol–water partition coefficient (Wildman–Crippen LogP) is 3.11. The van der Waals surface area contributed by atoms with Crippen molar-refractivity contribution in [3.8, 4) is 22.8 Å². The molecule has 5 heteroatoms. The van der Waals surface area contributed by atoms with Gasteiger partial charge in [0.1, 0.15) is 0 Å². The fraction of sp³-hybridized carbons (Fsp3) is 0.200. The molecule has 1 aliphatic heterocycles. The monoisotopic (exact) mass is 283 g/mol. The van der Waals surface area contributed by atoms with Crippen LogP contribution in [0.15, 0.2) is 39.5 Å². The Hall–Kier alpha value is -1.98. The van der Waals surface area contributed by atoms with Crippen LogP contribution in [-0.4, -0.2) is 16.7 Å². The molecule has 3 heterocycles. The summed E-state index contributed by atoms with van der Waals surface area (Å²) in [6.07, 6.45) is 1.00. The van der Waals surface area contributed by atoms with E-state index in [1.165, 1.54) is 11.1 Å². The van der Waals surface area contributed by atoms with Crippen molar-refractivity contribution in [3.63, 3.8) is 0 Å². The van der Waals surface area contributed by atoms with E-state index in [1.807, 2.05) is 16.8 Å². The molecule has 0 atom stereocenters. The Kier molecular flexibility index (Phi) is 2.86. The summed E-state index contributed by atoms with van der Waals surface area (Å²) < 4.78 is 5.46. The third-order valence-electron chi connectivity index (χ3n) is 3.58. The number of thiophene rings is 1. The summed E-state index contributed by atoms with van der Waals surface area (Å²) in [5, 5.41) is 11.5. The molecule has 0 saturated heterocycles. The van der Waals surface area contributed by atoms with Crippen LogP contribution in [0.3, 0.4) is 0 Å². The second kappa shape index (κ2) is 4.85. The molecule has 1 N–H and O–H groups in total. The number of hydrogen-bond acceptors (Lipinski definition) is 5. The lowest BCUT2D eigenvalue weighted by Crippen LogP contribution is -2.24. The number of nitrogens with one attached hydrogen (secondary N) is 1. The van der Waals surface area contributed by atoms with Crippen molar-refractivity contribution in [2.45, 2.75) is 13.0 Å². The molecule has 1 aromatic carbocycles. The summed E-state index contributed by atoms with van der Waals surface area (Å²) in [7, 11) is 0. The average Bonchev–Trinajstić information content (AvgIpc) is 3.17. The lowest BCUT2D eigenvalue weighted by atomic mass is 9.95. The summed E-state index contributed by atoms with van der Waals surface area (Å²) in [4.78, 5) is 4.54. The third-order valence-corrected chi connectivity index (χ3v) is 4.26. The van der Waals surface area contributed by atoms with E-state index in [9.17, 15) is 0 Å². The summed E-state index contributed by atoms with van der Waals surface area (Å²) >= 11 is 1.63. The summed E-state index contributed by atoms with van der Waals surface area (Å²) in [5.74, 6) is 1.28. The first-order chi connectivity index (χ1) is 9.92. The Balaban J connectivity index is 1.78. The van der Waals surface area contributed by atoms with Crippen LogP contribution in [0.1, 0.15) is 11.1 Å². The van der Waals surface area contributed by atoms with Gasteiger partial charge in [0.05, 0.1) is 0 Å². The molecule has 3 aromatic rings. The number of benzene rings is 1. The summed E-state index contributed by atoms with van der Waals surface area (Å²) in [6, 6.07) is 8.27. The zero-order valence-corrected chi connectivity index (χ0v) is 11.6. The van der Waals surface area contributed by atoms with Crippen molar-refractivity contribution in [2.24, 2.45) is 0 Å². The van der Waals surface area contributed by atoms with E-state index < -0.39 is 0 Å². The Morgan fingerprint density at radius 1 is 1.25 bits per heavy atom. The Labute approximate surface area is 120 Å². The molecular weight excluding hydrogens is 270 g/mol. The van der Waals surface area contributed by atoms with Gasteiger partial charge in [-0.2, -0.15) is 16.3 Å². The highest BCUT2D eigenvalue weighted by atomic mass is 32.1. The maximum absolute atomic E-state index is 5.46. The maximum Gasteiger partial charge on any atom is 0.258 e. The smallest absolute Gasteiger partial charge is 0.258 e. The normalized spacial score (nSPS) is 14.2. The highest BCUT2D eigenvalue weighted by Crippen LogP contribution is 2.29. The maximum atomic E-state index is 5.46. The Morgan fingerprint density at radius 3 is 3.15 bits per heavy atom. The molecule has 0 spiro atoms. The quantitative estimate of drug-likeness (QED) is 0.785. The van der Waals surface area contributed by atoms with Gasteiger partial charge in [-0.3, -0.25) is 0 Å². The second-order valence-corrected chi connectivity index (χ2v) is 5.59. The van der Waals surface area contributed by atoms with E-state index in [1.54, 1.807) is 11.3 Å². The van der Waals surface area contributed by atoms with Crippen molar-refractivity contribution < 1.29 is 4.52 Å². The molecule has 2 aromatic heterocycles. The van der Waals surface area contributed by atoms with Gasteiger partial charge in [0, 0.05) is 23.1 Å². The first kappa shape index (κ1) is 11.8. The van der Waals surface area contributed by atoms with E-state index >= 15 is 0 Å². The topological polar surface area (TPSA) is 51.0 Å². The molecule has 100 valence electrons. The molecular formula is C15H13N3OS. The van der Waals surface area contributed by atoms with Crippen LogP contribution in [0.4, 0.5) is 0 Å². The molecule has 0 unspecified atom stereocenters. The van der Waals surface area contributed by atoms with Crippen LogP contribution < -0.4 is 5.32 Å². The van der Waals surface area contributed by atoms with Crippen LogP contribution in [0.5, 0.6) is 0 Å². The Bertz CT molecular complexity index is 733. The lowest BCUT2D eigenvalue weighted by Gasteiger charge is -2.18. The van der Waals surface area contributed by atoms with Crippen LogP contribution >= 0.6 is 11.3 Å². The zero-order valence-electron chi connectivity index (χ0n) is 10.8. The summed E-state index contributed by atoms with van der Waals surface area (Å²) in [5.41, 5.74) is 4.73. The van der Waals surface area contributed by atoms with Crippen LogP contribution in [0.2, 0.25) is 0 Å². The number of rotatable bonds is 2. The standard InChI is InChI=1S/C15H13N3OS/c1-2-10-8-16-6-4-12(10)13(3-1)15-17-14(18-19-15)11-5-7-20-9-11/h1-3,5,7,9,16H,4,6,8H2. The average molecular weight is 283 g/mol. The molecule has 4 rings (SSSR count). The van der Waals surface area contributed by atoms with Gasteiger partial charge in [-0.1, -0.05) is 17.3 Å². The first-order valence-electron chi connectivity index (χ1n) is 6.60. The number of aromatic nitrogens is 2. The molecule has 0 saturated carbocycles. The van der Waals surface area contributed by atoms with Gasteiger partial charge in [0.15, 0.2) is 0 Å². The van der Waals surface area contributed by atoms with Crippen LogP contribution in [0, 0.1) is 0 Å². The molecule has 4 nitrogen and oxygen atoms in total. The number of hydrogen-bond donors (Lipinski definition) is 1. The van der Waals surface area contributed by atoms with Crippen molar-refractivity contribution >= 4 is 11.3 Å². The lowest BCUT2D eigenvalue weighted by molar-refractivity contribution is 0.431. The van der Waals surface area contributed by atoms with Gasteiger partial charge in [0.2, 0.25) is 5.82 Å². The van der Waals surface area contributed by atoms with E-state index in [-0.39, 0.29) is 0 Å². The van der Waals surface area contributed by atoms with E-state index in [4.69, 9.17) is 4.52 Å². The van der Waals surface area contributed by atoms with Crippen molar-refractivity contribution in [1.29, 1.82) is 0 Å². The Morgan fingerprint density at radius 2 is 2.25 bits per heavy atom. The molecule has 0 bridgehead atoms. The van der Waals surface area contributed by atoms with Crippen molar-refractivity contribution in [2.75, 3.05) is 6.54 Å². The molecule has 0 amide bonds. The van der Waals surface area contributed by atoms with Gasteiger partial charge >= 0.3 is 0 Å². The third kappa shape index (κ3) is 1.95. The molecule has 0 aliphatic carbocycles. The van der Waals surface area contributed by atoms with Crippen LogP contribution in [-0.2, 0) is 13.0 Å². The zero-order chi connectivity index (χ0) is 13.4. The molecule has 1 aliphatic rings.